The monoisotopic (exact) mass is 310 g/mol. The van der Waals surface area contributed by atoms with E-state index in [2.05, 4.69) is 15.0 Å². The largest absolute Gasteiger partial charge is 0.465 e. The first kappa shape index (κ1) is 14.8. The third-order valence-electron chi connectivity index (χ3n) is 3.33. The van der Waals surface area contributed by atoms with E-state index in [0.29, 0.717) is 16.8 Å². The van der Waals surface area contributed by atoms with Crippen molar-refractivity contribution in [2.75, 3.05) is 12.4 Å². The molecule has 0 atom stereocenters. The lowest BCUT2D eigenvalue weighted by molar-refractivity contribution is -0.115. The van der Waals surface area contributed by atoms with Gasteiger partial charge in [-0.3, -0.25) is 4.79 Å². The van der Waals surface area contributed by atoms with Crippen LogP contribution in [0.4, 0.5) is 5.69 Å². The molecule has 0 saturated carbocycles. The van der Waals surface area contributed by atoms with E-state index in [0.717, 1.165) is 11.1 Å². The Bertz CT molecular complexity index is 870. The molecule has 0 aliphatic rings. The number of oxazole rings is 1. The van der Waals surface area contributed by atoms with Crippen LogP contribution in [-0.4, -0.2) is 24.0 Å². The molecule has 0 unspecified atom stereocenters. The van der Waals surface area contributed by atoms with Gasteiger partial charge in [0.05, 0.1) is 19.1 Å². The van der Waals surface area contributed by atoms with Crippen LogP contribution in [0.15, 0.2) is 53.3 Å². The number of ether oxygens (including phenoxy) is 1. The molecule has 3 rings (SSSR count). The average molecular weight is 310 g/mol. The van der Waals surface area contributed by atoms with Crippen LogP contribution in [0, 0.1) is 0 Å². The molecule has 0 bridgehead atoms. The Balaban J connectivity index is 1.70. The summed E-state index contributed by atoms with van der Waals surface area (Å²) in [6.45, 7) is 0. The summed E-state index contributed by atoms with van der Waals surface area (Å²) in [7, 11) is 1.31. The molecule has 1 aromatic heterocycles. The lowest BCUT2D eigenvalue weighted by Gasteiger charge is -2.07. The van der Waals surface area contributed by atoms with Gasteiger partial charge in [0.1, 0.15) is 5.52 Å². The molecule has 3 aromatic rings. The average Bonchev–Trinajstić information content (AvgIpc) is 3.02. The van der Waals surface area contributed by atoms with Crippen molar-refractivity contribution in [2.45, 2.75) is 6.42 Å². The molecule has 6 nitrogen and oxygen atoms in total. The second kappa shape index (κ2) is 6.31. The highest BCUT2D eigenvalue weighted by atomic mass is 16.5. The summed E-state index contributed by atoms with van der Waals surface area (Å²) in [5.41, 5.74) is 3.13. The lowest BCUT2D eigenvalue weighted by Crippen LogP contribution is -2.14. The molecule has 6 heteroatoms. The third kappa shape index (κ3) is 3.37. The van der Waals surface area contributed by atoms with Crippen molar-refractivity contribution in [3.05, 3.63) is 60.0 Å². The Labute approximate surface area is 132 Å². The van der Waals surface area contributed by atoms with Gasteiger partial charge in [-0.05, 0) is 35.9 Å². The van der Waals surface area contributed by atoms with Gasteiger partial charge in [0.15, 0.2) is 12.0 Å². The number of nitrogens with zero attached hydrogens (tertiary/aromatic N) is 1. The number of nitrogens with one attached hydrogen (secondary N) is 1. The van der Waals surface area contributed by atoms with Crippen molar-refractivity contribution in [1.29, 1.82) is 0 Å². The maximum atomic E-state index is 12.1. The minimum absolute atomic E-state index is 0.189. The van der Waals surface area contributed by atoms with Crippen LogP contribution >= 0.6 is 0 Å². The highest BCUT2D eigenvalue weighted by Gasteiger charge is 2.09. The summed E-state index contributed by atoms with van der Waals surface area (Å²) in [5, 5.41) is 2.76. The smallest absolute Gasteiger partial charge is 0.337 e. The number of aromatic nitrogens is 1. The van der Waals surface area contributed by atoms with Crippen molar-refractivity contribution in [2.24, 2.45) is 0 Å². The zero-order valence-electron chi connectivity index (χ0n) is 12.4. The van der Waals surface area contributed by atoms with Gasteiger partial charge in [-0.15, -0.1) is 0 Å². The van der Waals surface area contributed by atoms with Crippen molar-refractivity contribution < 1.29 is 18.7 Å². The SMILES string of the molecule is COC(=O)c1cccc(NC(=O)Cc2ccc3ncoc3c2)c1. The second-order valence-corrected chi connectivity index (χ2v) is 4.95. The maximum absolute atomic E-state index is 12.1. The van der Waals surface area contributed by atoms with Gasteiger partial charge in [0.2, 0.25) is 5.91 Å². The number of methoxy groups -OCH3 is 1. The molecular formula is C17H14N2O4. The summed E-state index contributed by atoms with van der Waals surface area (Å²) in [5.74, 6) is -0.636. The fourth-order valence-corrected chi connectivity index (χ4v) is 2.24. The predicted octanol–water partition coefficient (Wildman–Crippen LogP) is 2.80. The van der Waals surface area contributed by atoms with Crippen LogP contribution in [0.1, 0.15) is 15.9 Å². The molecule has 116 valence electrons. The van der Waals surface area contributed by atoms with Crippen LogP contribution in [-0.2, 0) is 16.0 Å². The molecule has 0 spiro atoms. The number of benzene rings is 2. The van der Waals surface area contributed by atoms with Crippen molar-refractivity contribution in [1.82, 2.24) is 4.98 Å². The second-order valence-electron chi connectivity index (χ2n) is 4.95. The minimum atomic E-state index is -0.447. The molecule has 1 amide bonds. The molecular weight excluding hydrogens is 296 g/mol. The van der Waals surface area contributed by atoms with Gasteiger partial charge in [-0.2, -0.15) is 0 Å². The fraction of sp³-hybridized carbons (Fsp3) is 0.118. The van der Waals surface area contributed by atoms with Gasteiger partial charge in [0.25, 0.3) is 0 Å². The molecule has 0 fully saturated rings. The fourth-order valence-electron chi connectivity index (χ4n) is 2.24. The molecule has 1 N–H and O–H groups in total. The van der Waals surface area contributed by atoms with Crippen LogP contribution in [0.25, 0.3) is 11.1 Å². The summed E-state index contributed by atoms with van der Waals surface area (Å²) < 4.78 is 9.88. The van der Waals surface area contributed by atoms with Crippen LogP contribution in [0.3, 0.4) is 0 Å². The van der Waals surface area contributed by atoms with E-state index in [1.807, 2.05) is 6.07 Å². The highest BCUT2D eigenvalue weighted by molar-refractivity contribution is 5.95. The van der Waals surface area contributed by atoms with Crippen molar-refractivity contribution in [3.8, 4) is 0 Å². The highest BCUT2D eigenvalue weighted by Crippen LogP contribution is 2.16. The van der Waals surface area contributed by atoms with Crippen LogP contribution in [0.2, 0.25) is 0 Å². The van der Waals surface area contributed by atoms with E-state index in [4.69, 9.17) is 4.42 Å². The molecule has 1 heterocycles. The number of amides is 1. The molecule has 0 aliphatic heterocycles. The standard InChI is InChI=1S/C17H14N2O4/c1-22-17(21)12-3-2-4-13(9-12)19-16(20)8-11-5-6-14-15(7-11)23-10-18-14/h2-7,9-10H,8H2,1H3,(H,19,20). The normalized spacial score (nSPS) is 10.5. The number of carbonyl (C=O) groups excluding carboxylic acids is 2. The van der Waals surface area contributed by atoms with Gasteiger partial charge in [0, 0.05) is 5.69 Å². The quantitative estimate of drug-likeness (QED) is 0.749. The minimum Gasteiger partial charge on any atom is -0.465 e. The zero-order valence-corrected chi connectivity index (χ0v) is 12.4. The Kier molecular flexibility index (Phi) is 4.05. The Hall–Kier alpha value is -3.15. The van der Waals surface area contributed by atoms with Gasteiger partial charge < -0.3 is 14.5 Å². The van der Waals surface area contributed by atoms with Crippen LogP contribution < -0.4 is 5.32 Å². The number of rotatable bonds is 4. The number of carbonyl (C=O) groups is 2. The van der Waals surface area contributed by atoms with Gasteiger partial charge in [-0.25, -0.2) is 9.78 Å². The van der Waals surface area contributed by atoms with Crippen molar-refractivity contribution >= 4 is 28.7 Å². The maximum Gasteiger partial charge on any atom is 0.337 e. The van der Waals surface area contributed by atoms with E-state index < -0.39 is 5.97 Å². The Morgan fingerprint density at radius 1 is 1.22 bits per heavy atom. The number of esters is 1. The number of hydrogen-bond donors (Lipinski definition) is 1. The summed E-state index contributed by atoms with van der Waals surface area (Å²) in [6, 6.07) is 12.0. The first-order valence-corrected chi connectivity index (χ1v) is 6.96. The van der Waals surface area contributed by atoms with Gasteiger partial charge in [-0.1, -0.05) is 12.1 Å². The van der Waals surface area contributed by atoms with Crippen molar-refractivity contribution in [3.63, 3.8) is 0 Å². The first-order valence-electron chi connectivity index (χ1n) is 6.96. The molecule has 23 heavy (non-hydrogen) atoms. The first-order chi connectivity index (χ1) is 11.2. The molecule has 0 aliphatic carbocycles. The molecule has 0 radical (unpaired) electrons. The predicted molar refractivity (Wildman–Crippen MR) is 84.1 cm³/mol. The Morgan fingerprint density at radius 3 is 2.91 bits per heavy atom. The topological polar surface area (TPSA) is 81.4 Å². The summed E-state index contributed by atoms with van der Waals surface area (Å²) in [4.78, 5) is 27.7. The molecule has 0 saturated heterocycles. The van der Waals surface area contributed by atoms with E-state index in [1.165, 1.54) is 13.5 Å². The van der Waals surface area contributed by atoms with E-state index >= 15 is 0 Å². The lowest BCUT2D eigenvalue weighted by atomic mass is 10.1. The number of anilines is 1. The van der Waals surface area contributed by atoms with Gasteiger partial charge >= 0.3 is 5.97 Å². The zero-order chi connectivity index (χ0) is 16.2. The number of hydrogen-bond acceptors (Lipinski definition) is 5. The Morgan fingerprint density at radius 2 is 2.09 bits per heavy atom. The summed E-state index contributed by atoms with van der Waals surface area (Å²) >= 11 is 0. The molecule has 2 aromatic carbocycles. The van der Waals surface area contributed by atoms with E-state index in [-0.39, 0.29) is 12.3 Å². The third-order valence-corrected chi connectivity index (χ3v) is 3.33. The van der Waals surface area contributed by atoms with E-state index in [1.54, 1.807) is 36.4 Å². The summed E-state index contributed by atoms with van der Waals surface area (Å²) in [6.07, 6.45) is 1.56. The number of fused-ring (bicyclic) bond motifs is 1. The van der Waals surface area contributed by atoms with Crippen LogP contribution in [0.5, 0.6) is 0 Å². The van der Waals surface area contributed by atoms with E-state index in [9.17, 15) is 9.59 Å².